The van der Waals surface area contributed by atoms with Gasteiger partial charge in [0.25, 0.3) is 5.91 Å². The van der Waals surface area contributed by atoms with E-state index < -0.39 is 6.29 Å². The first kappa shape index (κ1) is 28.0. The van der Waals surface area contributed by atoms with E-state index in [0.29, 0.717) is 18.5 Å². The number of carbonyl (C=O) groups is 1. The highest BCUT2D eigenvalue weighted by Gasteiger charge is 2.32. The van der Waals surface area contributed by atoms with Crippen LogP contribution in [0.3, 0.4) is 0 Å². The van der Waals surface area contributed by atoms with Crippen molar-refractivity contribution in [3.8, 4) is 0 Å². The third-order valence-electron chi connectivity index (χ3n) is 7.18. The maximum absolute atomic E-state index is 12.7. The fourth-order valence-corrected chi connectivity index (χ4v) is 5.76. The summed E-state index contributed by atoms with van der Waals surface area (Å²) in [6, 6.07) is 23.2. The number of amides is 1. The molecule has 0 unspecified atom stereocenters. The first-order chi connectivity index (χ1) is 20.6. The molecule has 2 N–H and O–H groups in total. The van der Waals surface area contributed by atoms with Crippen LogP contribution in [0.5, 0.6) is 0 Å². The molecule has 10 heteroatoms. The number of benzene rings is 3. The van der Waals surface area contributed by atoms with Gasteiger partial charge in [0, 0.05) is 43.7 Å². The van der Waals surface area contributed by atoms with Crippen LogP contribution in [0, 0.1) is 0 Å². The topological polar surface area (TPSA) is 111 Å². The summed E-state index contributed by atoms with van der Waals surface area (Å²) in [5, 5.41) is 13.3. The Kier molecular flexibility index (Phi) is 8.57. The second kappa shape index (κ2) is 12.8. The standard InChI is InChI=1S/C32H31N5O4S/c1-37-15-14-33-32(37)42-20-25-16-29(23-10-8-22(19-38)9-11-23)41-31(40-25)24-12-6-21(7-13-24)17-35-30(39)28-18-34-26-4-2-3-5-27(26)36-28/h2-15,18,25,29,31,38H,16-17,19-20H2,1H3,(H,35,39)/t25-,29+,31+/m1/s1. The van der Waals surface area contributed by atoms with E-state index in [4.69, 9.17) is 9.47 Å². The zero-order valence-corrected chi connectivity index (χ0v) is 23.9. The Morgan fingerprint density at radius 3 is 2.45 bits per heavy atom. The predicted molar refractivity (Wildman–Crippen MR) is 160 cm³/mol. The molecule has 1 aliphatic heterocycles. The van der Waals surface area contributed by atoms with Crippen LogP contribution in [0.25, 0.3) is 11.0 Å². The van der Waals surface area contributed by atoms with Crippen molar-refractivity contribution in [2.45, 2.75) is 43.2 Å². The van der Waals surface area contributed by atoms with Gasteiger partial charge in [-0.3, -0.25) is 9.78 Å². The van der Waals surface area contributed by atoms with Gasteiger partial charge in [-0.05, 0) is 28.8 Å². The van der Waals surface area contributed by atoms with Gasteiger partial charge in [0.05, 0.1) is 36.0 Å². The van der Waals surface area contributed by atoms with Crippen LogP contribution in [-0.2, 0) is 29.7 Å². The van der Waals surface area contributed by atoms with E-state index in [0.717, 1.165) is 38.7 Å². The van der Waals surface area contributed by atoms with Crippen molar-refractivity contribution in [2.24, 2.45) is 7.05 Å². The number of carbonyl (C=O) groups excluding carboxylic acids is 1. The molecule has 42 heavy (non-hydrogen) atoms. The van der Waals surface area contributed by atoms with Gasteiger partial charge in [-0.25, -0.2) is 9.97 Å². The Hall–Kier alpha value is -4.09. The zero-order chi connectivity index (χ0) is 28.9. The van der Waals surface area contributed by atoms with Crippen LogP contribution in [0.2, 0.25) is 0 Å². The summed E-state index contributed by atoms with van der Waals surface area (Å²) in [5.74, 6) is 0.456. The number of rotatable bonds is 9. The molecule has 3 atom stereocenters. The van der Waals surface area contributed by atoms with Crippen LogP contribution >= 0.6 is 11.8 Å². The highest BCUT2D eigenvalue weighted by Crippen LogP contribution is 2.39. The van der Waals surface area contributed by atoms with Gasteiger partial charge >= 0.3 is 0 Å². The van der Waals surface area contributed by atoms with Crippen LogP contribution in [0.1, 0.15) is 51.6 Å². The minimum absolute atomic E-state index is 0.00291. The molecule has 1 amide bonds. The zero-order valence-electron chi connectivity index (χ0n) is 23.1. The summed E-state index contributed by atoms with van der Waals surface area (Å²) in [5.41, 5.74) is 5.45. The number of hydrogen-bond acceptors (Lipinski definition) is 8. The number of aromatic nitrogens is 4. The predicted octanol–water partition coefficient (Wildman–Crippen LogP) is 5.12. The van der Waals surface area contributed by atoms with Crippen LogP contribution < -0.4 is 5.32 Å². The van der Waals surface area contributed by atoms with Crippen LogP contribution in [0.4, 0.5) is 0 Å². The van der Waals surface area contributed by atoms with Gasteiger partial charge in [0.2, 0.25) is 0 Å². The molecule has 1 aliphatic rings. The second-order valence-corrected chi connectivity index (χ2v) is 11.1. The van der Waals surface area contributed by atoms with E-state index >= 15 is 0 Å². The lowest BCUT2D eigenvalue weighted by atomic mass is 10.0. The van der Waals surface area contributed by atoms with E-state index in [1.54, 1.807) is 18.0 Å². The van der Waals surface area contributed by atoms with Crippen molar-refractivity contribution in [1.82, 2.24) is 24.8 Å². The molecule has 5 aromatic rings. The highest BCUT2D eigenvalue weighted by molar-refractivity contribution is 7.99. The van der Waals surface area contributed by atoms with E-state index in [-0.39, 0.29) is 30.4 Å². The number of fused-ring (bicyclic) bond motifs is 1. The lowest BCUT2D eigenvalue weighted by Crippen LogP contribution is -2.31. The molecule has 1 saturated heterocycles. The molecule has 9 nitrogen and oxygen atoms in total. The van der Waals surface area contributed by atoms with Gasteiger partial charge in [-0.1, -0.05) is 72.4 Å². The van der Waals surface area contributed by atoms with Crippen LogP contribution in [-0.4, -0.2) is 42.4 Å². The number of para-hydroxylation sites is 2. The van der Waals surface area contributed by atoms with E-state index in [1.165, 1.54) is 6.20 Å². The Morgan fingerprint density at radius 2 is 1.71 bits per heavy atom. The Bertz CT molecular complexity index is 1660. The molecule has 214 valence electrons. The number of imidazole rings is 1. The quantitative estimate of drug-likeness (QED) is 0.231. The summed E-state index contributed by atoms with van der Waals surface area (Å²) in [4.78, 5) is 25.9. The maximum Gasteiger partial charge on any atom is 0.271 e. The van der Waals surface area contributed by atoms with Crippen molar-refractivity contribution in [3.63, 3.8) is 0 Å². The molecular formula is C32H31N5O4S. The third-order valence-corrected chi connectivity index (χ3v) is 8.37. The molecule has 0 spiro atoms. The van der Waals surface area contributed by atoms with Gasteiger partial charge in [-0.15, -0.1) is 0 Å². The minimum atomic E-state index is -0.551. The third kappa shape index (κ3) is 6.52. The molecule has 0 aliphatic carbocycles. The van der Waals surface area contributed by atoms with Crippen molar-refractivity contribution >= 4 is 28.7 Å². The SMILES string of the molecule is Cn1ccnc1SC[C@H]1C[C@@H](c2ccc(CO)cc2)O[C@@H](c2ccc(CNC(=O)c3cnc4ccccc4n3)cc2)O1. The number of aliphatic hydroxyl groups excluding tert-OH is 1. The Balaban J connectivity index is 1.13. The summed E-state index contributed by atoms with van der Waals surface area (Å²) in [7, 11) is 1.98. The molecule has 1 fully saturated rings. The second-order valence-electron chi connectivity index (χ2n) is 10.2. The molecule has 3 heterocycles. The fourth-order valence-electron chi connectivity index (χ4n) is 4.81. The first-order valence-corrected chi connectivity index (χ1v) is 14.7. The average molecular weight is 582 g/mol. The molecule has 0 saturated carbocycles. The molecule has 0 radical (unpaired) electrons. The number of hydrogen-bond donors (Lipinski definition) is 2. The lowest BCUT2D eigenvalue weighted by molar-refractivity contribution is -0.245. The number of nitrogens with zero attached hydrogens (tertiary/aromatic N) is 4. The first-order valence-electron chi connectivity index (χ1n) is 13.8. The number of aliphatic hydroxyl groups is 1. The van der Waals surface area contributed by atoms with Crippen molar-refractivity contribution in [1.29, 1.82) is 0 Å². The molecule has 2 aromatic heterocycles. The molecule has 6 rings (SSSR count). The monoisotopic (exact) mass is 581 g/mol. The fraction of sp³-hybridized carbons (Fsp3) is 0.250. The number of thioether (sulfide) groups is 1. The molecule has 3 aromatic carbocycles. The minimum Gasteiger partial charge on any atom is -0.392 e. The summed E-state index contributed by atoms with van der Waals surface area (Å²) in [6.45, 7) is 0.353. The normalized spacial score (nSPS) is 18.7. The van der Waals surface area contributed by atoms with E-state index in [9.17, 15) is 9.90 Å². The van der Waals surface area contributed by atoms with Crippen LogP contribution in [0.15, 0.2) is 96.5 Å². The average Bonchev–Trinajstić information content (AvgIpc) is 3.46. The number of aryl methyl sites for hydroxylation is 1. The number of nitrogens with one attached hydrogen (secondary N) is 1. The Morgan fingerprint density at radius 1 is 0.976 bits per heavy atom. The number of ether oxygens (including phenoxy) is 2. The maximum atomic E-state index is 12.7. The molecule has 0 bridgehead atoms. The van der Waals surface area contributed by atoms with Crippen molar-refractivity contribution in [3.05, 3.63) is 119 Å². The smallest absolute Gasteiger partial charge is 0.271 e. The van der Waals surface area contributed by atoms with Gasteiger partial charge < -0.3 is 24.5 Å². The van der Waals surface area contributed by atoms with Gasteiger partial charge in [0.15, 0.2) is 11.4 Å². The molecular weight excluding hydrogens is 550 g/mol. The van der Waals surface area contributed by atoms with Crippen molar-refractivity contribution < 1.29 is 19.4 Å². The van der Waals surface area contributed by atoms with E-state index in [2.05, 4.69) is 20.3 Å². The largest absolute Gasteiger partial charge is 0.392 e. The lowest BCUT2D eigenvalue weighted by Gasteiger charge is -2.36. The Labute approximate surface area is 247 Å². The van der Waals surface area contributed by atoms with Crippen molar-refractivity contribution in [2.75, 3.05) is 5.75 Å². The highest BCUT2D eigenvalue weighted by atomic mass is 32.2. The summed E-state index contributed by atoms with van der Waals surface area (Å²) in [6.07, 6.45) is 5.15. The van der Waals surface area contributed by atoms with E-state index in [1.807, 2.05) is 90.6 Å². The summed E-state index contributed by atoms with van der Waals surface area (Å²) >= 11 is 1.66. The van der Waals surface area contributed by atoms with Gasteiger partial charge in [-0.2, -0.15) is 0 Å². The van der Waals surface area contributed by atoms with Gasteiger partial charge in [0.1, 0.15) is 5.69 Å². The summed E-state index contributed by atoms with van der Waals surface area (Å²) < 4.78 is 14.9.